The first kappa shape index (κ1) is 12.7. The van der Waals surface area contributed by atoms with Crippen LogP contribution in [0.5, 0.6) is 0 Å². The van der Waals surface area contributed by atoms with Gasteiger partial charge in [-0.2, -0.15) is 5.10 Å². The predicted octanol–water partition coefficient (Wildman–Crippen LogP) is 2.44. The molecule has 2 fully saturated rings. The molecule has 1 aliphatic heterocycles. The van der Waals surface area contributed by atoms with Gasteiger partial charge in [-0.3, -0.25) is 9.48 Å². The van der Waals surface area contributed by atoms with Crippen LogP contribution in [0.25, 0.3) is 0 Å². The number of nitrogens with zero attached hydrogens (tertiary/aromatic N) is 3. The molecule has 2 aromatic rings. The molecule has 2 aliphatic rings. The number of furan rings is 1. The molecule has 0 radical (unpaired) electrons. The Morgan fingerprint density at radius 3 is 3.10 bits per heavy atom. The van der Waals surface area contributed by atoms with E-state index in [-0.39, 0.29) is 17.7 Å². The van der Waals surface area contributed by atoms with Crippen molar-refractivity contribution < 1.29 is 9.21 Å². The van der Waals surface area contributed by atoms with Gasteiger partial charge in [0.1, 0.15) is 5.76 Å². The number of rotatable bonds is 3. The van der Waals surface area contributed by atoms with Crippen molar-refractivity contribution in [1.82, 2.24) is 14.7 Å². The quantitative estimate of drug-likeness (QED) is 0.870. The molecular formula is C16H19N3O2. The van der Waals surface area contributed by atoms with E-state index >= 15 is 0 Å². The standard InChI is InChI=1S/C16H19N3O2/c20-16(14-10-13(14)15-5-2-9-21-15)18-7-1-4-12(11-18)19-8-3-6-17-19/h2-3,5-6,8-9,12-14H,1,4,7,10-11H2. The van der Waals surface area contributed by atoms with Crippen molar-refractivity contribution in [3.63, 3.8) is 0 Å². The molecule has 110 valence electrons. The largest absolute Gasteiger partial charge is 0.469 e. The van der Waals surface area contributed by atoms with Gasteiger partial charge >= 0.3 is 0 Å². The maximum Gasteiger partial charge on any atom is 0.226 e. The molecule has 2 aromatic heterocycles. The fourth-order valence-electron chi connectivity index (χ4n) is 3.39. The zero-order valence-electron chi connectivity index (χ0n) is 11.9. The van der Waals surface area contributed by atoms with Crippen molar-refractivity contribution in [2.45, 2.75) is 31.2 Å². The number of carbonyl (C=O) groups excluding carboxylic acids is 1. The zero-order chi connectivity index (χ0) is 14.2. The van der Waals surface area contributed by atoms with Crippen molar-refractivity contribution >= 4 is 5.91 Å². The Morgan fingerprint density at radius 1 is 1.38 bits per heavy atom. The van der Waals surface area contributed by atoms with Gasteiger partial charge in [0.2, 0.25) is 5.91 Å². The van der Waals surface area contributed by atoms with Crippen molar-refractivity contribution in [3.05, 3.63) is 42.6 Å². The number of amides is 1. The van der Waals surface area contributed by atoms with Gasteiger partial charge in [-0.15, -0.1) is 0 Å². The zero-order valence-corrected chi connectivity index (χ0v) is 11.9. The smallest absolute Gasteiger partial charge is 0.226 e. The van der Waals surface area contributed by atoms with Crippen LogP contribution in [0, 0.1) is 5.92 Å². The number of carbonyl (C=O) groups is 1. The lowest BCUT2D eigenvalue weighted by Crippen LogP contribution is -2.41. The van der Waals surface area contributed by atoms with Gasteiger partial charge in [-0.05, 0) is 37.5 Å². The highest BCUT2D eigenvalue weighted by molar-refractivity contribution is 5.83. The van der Waals surface area contributed by atoms with E-state index < -0.39 is 0 Å². The molecule has 0 bridgehead atoms. The van der Waals surface area contributed by atoms with E-state index in [0.717, 1.165) is 38.1 Å². The molecule has 3 heterocycles. The van der Waals surface area contributed by atoms with Crippen molar-refractivity contribution in [3.8, 4) is 0 Å². The van der Waals surface area contributed by atoms with Crippen molar-refractivity contribution in [2.24, 2.45) is 5.92 Å². The van der Waals surface area contributed by atoms with Crippen LogP contribution in [-0.4, -0.2) is 33.7 Å². The van der Waals surface area contributed by atoms with E-state index in [0.29, 0.717) is 6.04 Å². The molecule has 21 heavy (non-hydrogen) atoms. The Kier molecular flexibility index (Phi) is 3.05. The number of aromatic nitrogens is 2. The fraction of sp³-hybridized carbons (Fsp3) is 0.500. The maximum atomic E-state index is 12.6. The Morgan fingerprint density at radius 2 is 2.33 bits per heavy atom. The van der Waals surface area contributed by atoms with Crippen LogP contribution in [0.4, 0.5) is 0 Å². The van der Waals surface area contributed by atoms with E-state index in [4.69, 9.17) is 4.42 Å². The second-order valence-corrected chi connectivity index (χ2v) is 6.03. The lowest BCUT2D eigenvalue weighted by Gasteiger charge is -2.33. The average Bonchev–Trinajstić information content (AvgIpc) is 2.98. The summed E-state index contributed by atoms with van der Waals surface area (Å²) in [6, 6.07) is 6.12. The van der Waals surface area contributed by atoms with Gasteiger partial charge in [0.15, 0.2) is 0 Å². The third kappa shape index (κ3) is 2.37. The Hall–Kier alpha value is -2.04. The van der Waals surface area contributed by atoms with Gasteiger partial charge in [-0.25, -0.2) is 0 Å². The summed E-state index contributed by atoms with van der Waals surface area (Å²) in [4.78, 5) is 14.7. The molecule has 3 unspecified atom stereocenters. The Balaban J connectivity index is 1.41. The normalized spacial score (nSPS) is 28.6. The molecule has 4 rings (SSSR count). The second-order valence-electron chi connectivity index (χ2n) is 6.03. The molecule has 0 aromatic carbocycles. The van der Waals surface area contributed by atoms with Crippen LogP contribution in [0.15, 0.2) is 41.3 Å². The van der Waals surface area contributed by atoms with E-state index in [1.165, 1.54) is 0 Å². The summed E-state index contributed by atoms with van der Waals surface area (Å²) >= 11 is 0. The Labute approximate surface area is 123 Å². The summed E-state index contributed by atoms with van der Waals surface area (Å²) in [6.45, 7) is 1.65. The molecule has 1 amide bonds. The van der Waals surface area contributed by atoms with E-state index in [1.54, 1.807) is 12.5 Å². The first-order valence-corrected chi connectivity index (χ1v) is 7.64. The van der Waals surface area contributed by atoms with Crippen LogP contribution < -0.4 is 0 Å². The van der Waals surface area contributed by atoms with Crippen molar-refractivity contribution in [1.29, 1.82) is 0 Å². The summed E-state index contributed by atoms with van der Waals surface area (Å²) in [7, 11) is 0. The highest BCUT2D eigenvalue weighted by Gasteiger charge is 2.48. The van der Waals surface area contributed by atoms with Crippen molar-refractivity contribution in [2.75, 3.05) is 13.1 Å². The van der Waals surface area contributed by atoms with Gasteiger partial charge in [-0.1, -0.05) is 0 Å². The molecule has 1 aliphatic carbocycles. The number of piperidine rings is 1. The first-order chi connectivity index (χ1) is 10.3. The topological polar surface area (TPSA) is 51.3 Å². The maximum absolute atomic E-state index is 12.6. The minimum atomic E-state index is 0.118. The Bertz CT molecular complexity index is 606. The summed E-state index contributed by atoms with van der Waals surface area (Å²) < 4.78 is 7.40. The monoisotopic (exact) mass is 285 g/mol. The highest BCUT2D eigenvalue weighted by Crippen LogP contribution is 2.49. The van der Waals surface area contributed by atoms with Crippen LogP contribution >= 0.6 is 0 Å². The molecule has 1 saturated heterocycles. The van der Waals surface area contributed by atoms with E-state index in [2.05, 4.69) is 5.10 Å². The van der Waals surface area contributed by atoms with Crippen LogP contribution in [0.1, 0.15) is 37.0 Å². The molecule has 5 nitrogen and oxygen atoms in total. The summed E-state index contributed by atoms with van der Waals surface area (Å²) in [5.41, 5.74) is 0. The average molecular weight is 285 g/mol. The number of hydrogen-bond acceptors (Lipinski definition) is 3. The van der Waals surface area contributed by atoms with Gasteiger partial charge in [0.25, 0.3) is 0 Å². The highest BCUT2D eigenvalue weighted by atomic mass is 16.3. The molecule has 5 heteroatoms. The fourth-order valence-corrected chi connectivity index (χ4v) is 3.39. The van der Waals surface area contributed by atoms with Gasteiger partial charge in [0, 0.05) is 37.3 Å². The molecule has 1 saturated carbocycles. The van der Waals surface area contributed by atoms with Gasteiger partial charge in [0.05, 0.1) is 12.3 Å². The summed E-state index contributed by atoms with van der Waals surface area (Å²) in [6.07, 6.45) is 8.54. The third-order valence-corrected chi connectivity index (χ3v) is 4.62. The second kappa shape index (κ2) is 5.06. The summed E-state index contributed by atoms with van der Waals surface area (Å²) in [5, 5.41) is 4.31. The molecule has 3 atom stereocenters. The van der Waals surface area contributed by atoms with Crippen LogP contribution in [0.2, 0.25) is 0 Å². The van der Waals surface area contributed by atoms with E-state index in [9.17, 15) is 4.79 Å². The molecule has 0 spiro atoms. The first-order valence-electron chi connectivity index (χ1n) is 7.64. The molecule has 0 N–H and O–H groups in total. The minimum Gasteiger partial charge on any atom is -0.469 e. The summed E-state index contributed by atoms with van der Waals surface area (Å²) in [5.74, 6) is 1.65. The number of hydrogen-bond donors (Lipinski definition) is 0. The minimum absolute atomic E-state index is 0.118. The predicted molar refractivity (Wildman–Crippen MR) is 76.6 cm³/mol. The lowest BCUT2D eigenvalue weighted by atomic mass is 10.1. The third-order valence-electron chi connectivity index (χ3n) is 4.62. The SMILES string of the molecule is O=C(C1CC1c1ccco1)N1CCCC(n2cccn2)C1. The lowest BCUT2D eigenvalue weighted by molar-refractivity contribution is -0.134. The van der Waals surface area contributed by atoms with Crippen LogP contribution in [-0.2, 0) is 4.79 Å². The molecular weight excluding hydrogens is 266 g/mol. The number of likely N-dealkylation sites (tertiary alicyclic amines) is 1. The van der Waals surface area contributed by atoms with E-state index in [1.807, 2.05) is 34.0 Å². The van der Waals surface area contributed by atoms with Crippen LogP contribution in [0.3, 0.4) is 0 Å². The van der Waals surface area contributed by atoms with Gasteiger partial charge < -0.3 is 9.32 Å².